The maximum atomic E-state index is 9.98. The number of allylic oxidation sites excluding steroid dienone is 2. The second-order valence-corrected chi connectivity index (χ2v) is 10.8. The maximum Gasteiger partial charge on any atom is 0.164 e. The summed E-state index contributed by atoms with van der Waals surface area (Å²) >= 11 is 0. The lowest BCUT2D eigenvalue weighted by Gasteiger charge is -2.01. The SMILES string of the molecule is N#CC=C(C#N)c1cccc2c3nc4nc(nc5[nH]c(nc6nc(nc([nH]3)c12)-c1ccccc1-6)c1ccccc51)-c1ccccc1-4. The summed E-state index contributed by atoms with van der Waals surface area (Å²) in [5.41, 5.74) is 6.28. The van der Waals surface area contributed by atoms with Gasteiger partial charge in [-0.05, 0) is 0 Å². The molecule has 2 N–H and O–H groups in total. The summed E-state index contributed by atoms with van der Waals surface area (Å²) in [4.78, 5) is 36.7. The largest absolute Gasteiger partial charge is 0.324 e. The average Bonchev–Trinajstić information content (AvgIpc) is 3.83. The summed E-state index contributed by atoms with van der Waals surface area (Å²) in [6.45, 7) is 0. The predicted molar refractivity (Wildman–Crippen MR) is 175 cm³/mol. The highest BCUT2D eigenvalue weighted by atomic mass is 15.1. The second-order valence-electron chi connectivity index (χ2n) is 10.8. The van der Waals surface area contributed by atoms with Gasteiger partial charge in [-0.15, -0.1) is 0 Å². The molecule has 0 aliphatic carbocycles. The molecule has 7 aromatic rings. The first kappa shape index (κ1) is 25.5. The lowest BCUT2D eigenvalue weighted by Crippen LogP contribution is -1.86. The van der Waals surface area contributed by atoms with Gasteiger partial charge in [0.25, 0.3) is 0 Å². The molecule has 8 bridgehead atoms. The summed E-state index contributed by atoms with van der Waals surface area (Å²) in [5.74, 6) is 1.95. The third kappa shape index (κ3) is 3.75. The summed E-state index contributed by atoms with van der Waals surface area (Å²) in [6.07, 6.45) is 1.24. The summed E-state index contributed by atoms with van der Waals surface area (Å²) in [5, 5.41) is 22.6. The fourth-order valence-corrected chi connectivity index (χ4v) is 6.15. The molecule has 46 heavy (non-hydrogen) atoms. The van der Waals surface area contributed by atoms with Crippen molar-refractivity contribution in [3.63, 3.8) is 0 Å². The van der Waals surface area contributed by atoms with Crippen LogP contribution in [0.4, 0.5) is 0 Å². The monoisotopic (exact) mass is 590 g/mol. The summed E-state index contributed by atoms with van der Waals surface area (Å²) < 4.78 is 0. The van der Waals surface area contributed by atoms with Crippen molar-refractivity contribution in [1.82, 2.24) is 39.9 Å². The van der Waals surface area contributed by atoms with Crippen molar-refractivity contribution >= 4 is 49.7 Å². The van der Waals surface area contributed by atoms with Gasteiger partial charge in [0, 0.05) is 55.4 Å². The van der Waals surface area contributed by atoms with E-state index in [0.29, 0.717) is 62.2 Å². The molecule has 10 heteroatoms. The van der Waals surface area contributed by atoms with Crippen molar-refractivity contribution in [3.05, 3.63) is 103 Å². The quantitative estimate of drug-likeness (QED) is 0.189. The first-order valence-electron chi connectivity index (χ1n) is 14.4. The number of nitrogens with zero attached hydrogens (tertiary/aromatic N) is 8. The Hall–Kier alpha value is -7.04. The van der Waals surface area contributed by atoms with Gasteiger partial charge < -0.3 is 9.97 Å². The number of benzene rings is 4. The van der Waals surface area contributed by atoms with Crippen molar-refractivity contribution in [3.8, 4) is 57.7 Å². The van der Waals surface area contributed by atoms with Crippen LogP contribution in [0.5, 0.6) is 0 Å². The van der Waals surface area contributed by atoms with Crippen molar-refractivity contribution in [2.24, 2.45) is 0 Å². The Labute approximate surface area is 260 Å². The van der Waals surface area contributed by atoms with Crippen LogP contribution in [0.25, 0.3) is 95.3 Å². The molecule has 2 aliphatic heterocycles. The van der Waals surface area contributed by atoms with E-state index < -0.39 is 0 Å². The molecule has 0 saturated heterocycles. The molecule has 0 fully saturated rings. The molecule has 0 saturated carbocycles. The van der Waals surface area contributed by atoms with Gasteiger partial charge in [-0.1, -0.05) is 91.0 Å². The standard InChI is InChI=1S/C36H18N10/c37-17-16-19(18-38)20-14-7-15-27-28(20)36-45-34-26-13-6-5-12-25(26)32(43-34)41-30-22-9-2-1-8-21(22)29(39-30)40-31-23-10-3-4-11-24(23)33(42-31)44-35(27)46-36/h1-16H,(H2,39,40,41,42,43,44,45,46). The van der Waals surface area contributed by atoms with E-state index in [0.717, 1.165) is 33.0 Å². The number of aromatic amines is 2. The average molecular weight is 591 g/mol. The summed E-state index contributed by atoms with van der Waals surface area (Å²) in [7, 11) is 0. The van der Waals surface area contributed by atoms with Crippen molar-refractivity contribution < 1.29 is 0 Å². The maximum absolute atomic E-state index is 9.98. The smallest absolute Gasteiger partial charge is 0.164 e. The van der Waals surface area contributed by atoms with Gasteiger partial charge in [0.15, 0.2) is 23.3 Å². The van der Waals surface area contributed by atoms with E-state index in [1.165, 1.54) is 6.08 Å². The Balaban J connectivity index is 1.51. The predicted octanol–water partition coefficient (Wildman–Crippen LogP) is 7.30. The van der Waals surface area contributed by atoms with Crippen molar-refractivity contribution in [2.45, 2.75) is 0 Å². The number of fused-ring (bicyclic) bond motifs is 20. The molecular formula is C36H18N10. The number of nitriles is 2. The molecule has 5 heterocycles. The highest BCUT2D eigenvalue weighted by Gasteiger charge is 2.22. The number of hydrogen-bond acceptors (Lipinski definition) is 8. The van der Waals surface area contributed by atoms with Gasteiger partial charge in [0.1, 0.15) is 28.7 Å². The van der Waals surface area contributed by atoms with Crippen LogP contribution in [-0.2, 0) is 0 Å². The Morgan fingerprint density at radius 2 is 0.935 bits per heavy atom. The van der Waals surface area contributed by atoms with E-state index in [1.54, 1.807) is 6.07 Å². The molecule has 10 nitrogen and oxygen atoms in total. The lowest BCUT2D eigenvalue weighted by atomic mass is 10.0. The Morgan fingerprint density at radius 3 is 1.43 bits per heavy atom. The fourth-order valence-electron chi connectivity index (χ4n) is 6.15. The molecule has 9 rings (SSSR count). The minimum atomic E-state index is 0.212. The van der Waals surface area contributed by atoms with Gasteiger partial charge in [0.05, 0.1) is 11.6 Å². The minimum absolute atomic E-state index is 0.212. The number of H-pyrrole nitrogens is 2. The number of rotatable bonds is 1. The van der Waals surface area contributed by atoms with Gasteiger partial charge in [0.2, 0.25) is 0 Å². The van der Waals surface area contributed by atoms with Crippen molar-refractivity contribution in [2.75, 3.05) is 0 Å². The van der Waals surface area contributed by atoms with Crippen LogP contribution < -0.4 is 0 Å². The van der Waals surface area contributed by atoms with E-state index in [9.17, 15) is 10.5 Å². The molecule has 0 spiro atoms. The fraction of sp³-hybridized carbons (Fsp3) is 0. The second kappa shape index (κ2) is 9.74. The molecule has 2 aliphatic rings. The van der Waals surface area contributed by atoms with Crippen molar-refractivity contribution in [1.29, 1.82) is 10.5 Å². The van der Waals surface area contributed by atoms with Gasteiger partial charge in [-0.3, -0.25) is 0 Å². The zero-order valence-corrected chi connectivity index (χ0v) is 23.8. The first-order chi connectivity index (χ1) is 22.7. The normalized spacial score (nSPS) is 12.0. The van der Waals surface area contributed by atoms with Crippen LogP contribution >= 0.6 is 0 Å². The number of nitrogens with one attached hydrogen (secondary N) is 2. The highest BCUT2D eigenvalue weighted by Crippen LogP contribution is 2.37. The van der Waals surface area contributed by atoms with E-state index in [-0.39, 0.29) is 5.57 Å². The highest BCUT2D eigenvalue weighted by molar-refractivity contribution is 6.11. The molecule has 212 valence electrons. The van der Waals surface area contributed by atoms with Crippen LogP contribution in [0.2, 0.25) is 0 Å². The van der Waals surface area contributed by atoms with E-state index in [2.05, 4.69) is 16.0 Å². The van der Waals surface area contributed by atoms with Crippen LogP contribution in [0.15, 0.2) is 97.1 Å². The lowest BCUT2D eigenvalue weighted by molar-refractivity contribution is 1.19. The van der Waals surface area contributed by atoms with Gasteiger partial charge >= 0.3 is 0 Å². The Kier molecular flexibility index (Phi) is 5.39. The van der Waals surface area contributed by atoms with E-state index in [1.807, 2.05) is 91.0 Å². The number of hydrogen-bond donors (Lipinski definition) is 2. The third-order valence-electron chi connectivity index (χ3n) is 8.20. The zero-order valence-electron chi connectivity index (χ0n) is 23.8. The Bertz CT molecular complexity index is 2730. The topological polar surface area (TPSA) is 156 Å². The zero-order chi connectivity index (χ0) is 30.8. The first-order valence-corrected chi connectivity index (χ1v) is 14.4. The Morgan fingerprint density at radius 1 is 0.500 bits per heavy atom. The van der Waals surface area contributed by atoms with Crippen LogP contribution in [-0.4, -0.2) is 39.9 Å². The van der Waals surface area contributed by atoms with E-state index in [4.69, 9.17) is 29.9 Å². The van der Waals surface area contributed by atoms with E-state index >= 15 is 0 Å². The number of aromatic nitrogens is 8. The molecule has 0 radical (unpaired) electrons. The third-order valence-corrected chi connectivity index (χ3v) is 8.20. The minimum Gasteiger partial charge on any atom is -0.324 e. The van der Waals surface area contributed by atoms with Gasteiger partial charge in [-0.25, -0.2) is 29.9 Å². The molecular weight excluding hydrogens is 572 g/mol. The molecule has 4 aromatic carbocycles. The van der Waals surface area contributed by atoms with Crippen LogP contribution in [0.3, 0.4) is 0 Å². The van der Waals surface area contributed by atoms with Crippen LogP contribution in [0, 0.1) is 22.7 Å². The van der Waals surface area contributed by atoms with Crippen LogP contribution in [0.1, 0.15) is 5.56 Å². The van der Waals surface area contributed by atoms with Gasteiger partial charge in [-0.2, -0.15) is 10.5 Å². The summed E-state index contributed by atoms with van der Waals surface area (Å²) in [6, 6.07) is 33.3. The molecule has 0 atom stereocenters. The molecule has 3 aromatic heterocycles. The molecule has 0 unspecified atom stereocenters. The molecule has 0 amide bonds.